The normalized spacial score (nSPS) is 35.9. The first-order chi connectivity index (χ1) is 7.12. The van der Waals surface area contributed by atoms with Crippen LogP contribution in [0.1, 0.15) is 0 Å². The summed E-state index contributed by atoms with van der Waals surface area (Å²) in [6, 6.07) is 0. The molecule has 2 heterocycles. The smallest absolute Gasteiger partial charge is 0.191 e. The molecule has 0 aromatic rings. The molecule has 0 aromatic carbocycles. The van der Waals surface area contributed by atoms with Crippen molar-refractivity contribution < 1.29 is 13.5 Å². The number of halogens is 1. The van der Waals surface area contributed by atoms with Gasteiger partial charge in [0.2, 0.25) is 0 Å². The molecule has 0 amide bonds. The molecule has 0 saturated carbocycles. The van der Waals surface area contributed by atoms with Gasteiger partial charge in [0.1, 0.15) is 4.62 Å². The Kier molecular flexibility index (Phi) is 3.12. The van der Waals surface area contributed by atoms with E-state index >= 15 is 0 Å². The Balaban J connectivity index is 2.31. The van der Waals surface area contributed by atoms with E-state index in [0.29, 0.717) is 4.62 Å². The Hall–Kier alpha value is -0.410. The Morgan fingerprint density at radius 2 is 2.60 bits per heavy atom. The van der Waals surface area contributed by atoms with Crippen molar-refractivity contribution in [2.75, 3.05) is 6.61 Å². The maximum absolute atomic E-state index is 10.7. The summed E-state index contributed by atoms with van der Waals surface area (Å²) in [5, 5.41) is 0. The molecule has 82 valence electrons. The van der Waals surface area contributed by atoms with Crippen molar-refractivity contribution >= 4 is 38.0 Å². The number of rotatable bonds is 2. The fourth-order valence-electron chi connectivity index (χ4n) is 1.36. The van der Waals surface area contributed by atoms with Gasteiger partial charge in [-0.1, -0.05) is 0 Å². The van der Waals surface area contributed by atoms with E-state index in [0.717, 1.165) is 0 Å². The number of hydrogen-bond acceptors (Lipinski definition) is 5. The predicted octanol–water partition coefficient (Wildman–Crippen LogP) is -0.143. The largest absolute Gasteiger partial charge is 0.760 e. The Morgan fingerprint density at radius 1 is 1.80 bits per heavy atom. The summed E-state index contributed by atoms with van der Waals surface area (Å²) in [6.07, 6.45) is 4.13. The molecule has 2 rings (SSSR count). The molecule has 0 saturated heterocycles. The third-order valence-electron chi connectivity index (χ3n) is 1.98. The Bertz CT molecular complexity index is 384. The Morgan fingerprint density at radius 3 is 3.33 bits per heavy atom. The summed E-state index contributed by atoms with van der Waals surface area (Å²) < 4.78 is 29.6. The van der Waals surface area contributed by atoms with Gasteiger partial charge in [0, 0.05) is 17.5 Å². The summed E-state index contributed by atoms with van der Waals surface area (Å²) in [6.45, 7) is 0.209. The summed E-state index contributed by atoms with van der Waals surface area (Å²) in [5.41, 5.74) is -1.18. The molecular formula is C7H7BrN3O3S-. The van der Waals surface area contributed by atoms with Gasteiger partial charge in [0.25, 0.3) is 0 Å². The minimum Gasteiger partial charge on any atom is -0.760 e. The number of nitrogens with zero attached hydrogens (tertiary/aromatic N) is 2. The number of ether oxygens (including phenoxy) is 1. The van der Waals surface area contributed by atoms with Crippen LogP contribution in [-0.4, -0.2) is 38.1 Å². The van der Waals surface area contributed by atoms with Crippen LogP contribution in [0.15, 0.2) is 22.1 Å². The van der Waals surface area contributed by atoms with Crippen LogP contribution in [0.2, 0.25) is 0 Å². The monoisotopic (exact) mass is 292 g/mol. The number of aliphatic imine (C=N–C) groups is 2. The zero-order valence-corrected chi connectivity index (χ0v) is 9.82. The van der Waals surface area contributed by atoms with Crippen LogP contribution in [-0.2, 0) is 16.0 Å². The highest BCUT2D eigenvalue weighted by Gasteiger charge is 2.42. The molecule has 3 atom stereocenters. The molecule has 3 unspecified atom stereocenters. The average molecular weight is 293 g/mol. The van der Waals surface area contributed by atoms with Crippen LogP contribution < -0.4 is 4.72 Å². The van der Waals surface area contributed by atoms with E-state index in [9.17, 15) is 8.76 Å². The van der Waals surface area contributed by atoms with Crippen LogP contribution >= 0.6 is 15.9 Å². The second-order valence-electron chi connectivity index (χ2n) is 2.95. The molecular weight excluding hydrogens is 286 g/mol. The van der Waals surface area contributed by atoms with Crippen LogP contribution in [0.25, 0.3) is 0 Å². The number of dihydropyridines is 1. The topological polar surface area (TPSA) is 86.1 Å². The van der Waals surface area contributed by atoms with Crippen molar-refractivity contribution in [2.45, 2.75) is 11.9 Å². The van der Waals surface area contributed by atoms with Crippen molar-refractivity contribution in [3.63, 3.8) is 0 Å². The molecule has 0 radical (unpaired) electrons. The first-order valence-corrected chi connectivity index (χ1v) is 5.93. The molecule has 6 nitrogen and oxygen atoms in total. The number of allylic oxidation sites excluding steroid dienone is 1. The first kappa shape index (κ1) is 11.1. The molecule has 0 aliphatic carbocycles. The lowest BCUT2D eigenvalue weighted by Crippen LogP contribution is -2.57. The average Bonchev–Trinajstić information content (AvgIpc) is 2.17. The van der Waals surface area contributed by atoms with E-state index in [2.05, 4.69) is 30.6 Å². The molecule has 8 heteroatoms. The van der Waals surface area contributed by atoms with Crippen LogP contribution in [0.4, 0.5) is 0 Å². The van der Waals surface area contributed by atoms with Crippen LogP contribution in [0, 0.1) is 0 Å². The maximum Gasteiger partial charge on any atom is 0.191 e. The molecule has 2 aliphatic rings. The summed E-state index contributed by atoms with van der Waals surface area (Å²) >= 11 is 0.749. The summed E-state index contributed by atoms with van der Waals surface area (Å²) in [7, 11) is 0. The fourth-order valence-corrected chi connectivity index (χ4v) is 2.16. The summed E-state index contributed by atoms with van der Waals surface area (Å²) in [5.74, 6) is 0. The van der Waals surface area contributed by atoms with Gasteiger partial charge in [-0.3, -0.25) is 9.20 Å². The van der Waals surface area contributed by atoms with E-state index in [4.69, 9.17) is 4.74 Å². The van der Waals surface area contributed by atoms with Crippen molar-refractivity contribution in [2.24, 2.45) is 9.98 Å². The number of nitrogens with one attached hydrogen (secondary N) is 1. The van der Waals surface area contributed by atoms with Gasteiger partial charge in [0.05, 0.1) is 6.61 Å². The second kappa shape index (κ2) is 4.22. The van der Waals surface area contributed by atoms with Gasteiger partial charge in [-0.15, -0.1) is 0 Å². The molecule has 0 bridgehead atoms. The van der Waals surface area contributed by atoms with Gasteiger partial charge in [-0.2, -0.15) is 0 Å². The number of hydrogen-bond donors (Lipinski definition) is 1. The molecule has 15 heavy (non-hydrogen) atoms. The molecule has 0 spiro atoms. The molecule has 1 N–H and O–H groups in total. The van der Waals surface area contributed by atoms with E-state index in [1.165, 1.54) is 0 Å². The highest BCUT2D eigenvalue weighted by Crippen LogP contribution is 2.26. The number of fused-ring (bicyclic) bond motifs is 1. The van der Waals surface area contributed by atoms with Crippen molar-refractivity contribution in [3.05, 3.63) is 12.2 Å². The molecule has 2 aliphatic heterocycles. The van der Waals surface area contributed by atoms with Gasteiger partial charge in [-0.05, 0) is 28.1 Å². The minimum absolute atomic E-state index is 0.209. The fraction of sp³-hybridized carbons (Fsp3) is 0.429. The Labute approximate surface area is 97.1 Å². The van der Waals surface area contributed by atoms with E-state index in [1.807, 2.05) is 0 Å². The van der Waals surface area contributed by atoms with Crippen LogP contribution in [0.5, 0.6) is 0 Å². The highest BCUT2D eigenvalue weighted by molar-refractivity contribution is 9.18. The SMILES string of the molecule is O=S([O-])NC12C=CC=NC1N=C(Br)CO2. The molecule has 0 fully saturated rings. The highest BCUT2D eigenvalue weighted by atomic mass is 79.9. The summed E-state index contributed by atoms with van der Waals surface area (Å²) in [4.78, 5) is 8.19. The van der Waals surface area contributed by atoms with Crippen LogP contribution in [0.3, 0.4) is 0 Å². The van der Waals surface area contributed by atoms with E-state index < -0.39 is 23.2 Å². The van der Waals surface area contributed by atoms with Gasteiger partial charge < -0.3 is 9.29 Å². The quantitative estimate of drug-likeness (QED) is 0.719. The third-order valence-corrected chi connectivity index (χ3v) is 2.90. The van der Waals surface area contributed by atoms with E-state index in [1.54, 1.807) is 18.4 Å². The lowest BCUT2D eigenvalue weighted by molar-refractivity contribution is -0.0210. The minimum atomic E-state index is -2.44. The molecule has 0 aromatic heterocycles. The lowest BCUT2D eigenvalue weighted by atomic mass is 10.1. The first-order valence-electron chi connectivity index (χ1n) is 4.07. The zero-order chi connectivity index (χ0) is 10.9. The van der Waals surface area contributed by atoms with Crippen molar-refractivity contribution in [1.82, 2.24) is 4.72 Å². The van der Waals surface area contributed by atoms with Gasteiger partial charge in [-0.25, -0.2) is 9.71 Å². The maximum atomic E-state index is 10.7. The second-order valence-corrected chi connectivity index (χ2v) is 4.54. The van der Waals surface area contributed by atoms with E-state index in [-0.39, 0.29) is 6.61 Å². The van der Waals surface area contributed by atoms with Gasteiger partial charge >= 0.3 is 0 Å². The van der Waals surface area contributed by atoms with Crippen molar-refractivity contribution in [3.8, 4) is 0 Å². The lowest BCUT2D eigenvalue weighted by Gasteiger charge is -2.39. The predicted molar refractivity (Wildman–Crippen MR) is 58.5 cm³/mol. The zero-order valence-electron chi connectivity index (χ0n) is 7.42. The van der Waals surface area contributed by atoms with Gasteiger partial charge in [0.15, 0.2) is 11.9 Å². The standard InChI is InChI=1S/C7H8BrN3O3S/c8-5-4-14-7(11-15(12)13)2-1-3-9-6(7)10-5/h1-3,6,11H,4H2,(H,12,13)/p-1. The third kappa shape index (κ3) is 2.23. The van der Waals surface area contributed by atoms with Crippen molar-refractivity contribution in [1.29, 1.82) is 0 Å².